The minimum atomic E-state index is 1.10. The van der Waals surface area contributed by atoms with Gasteiger partial charge in [0.1, 0.15) is 0 Å². The summed E-state index contributed by atoms with van der Waals surface area (Å²) in [5.74, 6) is 0. The first-order chi connectivity index (χ1) is 29.7. The molecule has 10 aromatic carbocycles. The molecule has 282 valence electrons. The van der Waals surface area contributed by atoms with Crippen LogP contribution in [0.4, 0.5) is 17.1 Å². The number of hydrogen-bond donors (Lipinski definition) is 0. The van der Waals surface area contributed by atoms with Crippen molar-refractivity contribution < 1.29 is 0 Å². The van der Waals surface area contributed by atoms with Crippen molar-refractivity contribution in [3.63, 3.8) is 0 Å². The Hall–Kier alpha value is -7.52. The minimum absolute atomic E-state index is 1.10. The molecule has 11 rings (SSSR count). The van der Waals surface area contributed by atoms with Crippen LogP contribution in [-0.4, -0.2) is 0 Å². The van der Waals surface area contributed by atoms with E-state index in [4.69, 9.17) is 0 Å². The molecule has 0 aliphatic heterocycles. The van der Waals surface area contributed by atoms with Gasteiger partial charge in [-0.15, -0.1) is 11.3 Å². The van der Waals surface area contributed by atoms with Gasteiger partial charge in [0.2, 0.25) is 0 Å². The number of rotatable bonds is 8. The Bertz CT molecular complexity index is 3270. The predicted octanol–water partition coefficient (Wildman–Crippen LogP) is 17.0. The molecule has 1 heterocycles. The molecule has 0 fully saturated rings. The van der Waals surface area contributed by atoms with Crippen LogP contribution in [0, 0.1) is 0 Å². The van der Waals surface area contributed by atoms with Gasteiger partial charge in [-0.05, 0) is 127 Å². The van der Waals surface area contributed by atoms with E-state index in [9.17, 15) is 0 Å². The van der Waals surface area contributed by atoms with Gasteiger partial charge in [-0.3, -0.25) is 0 Å². The molecule has 0 N–H and O–H groups in total. The van der Waals surface area contributed by atoms with Crippen molar-refractivity contribution in [1.82, 2.24) is 0 Å². The second kappa shape index (κ2) is 15.3. The molecular weight excluding hydrogens is 743 g/mol. The summed E-state index contributed by atoms with van der Waals surface area (Å²) >= 11 is 1.86. The van der Waals surface area contributed by atoms with E-state index in [1.165, 1.54) is 86.6 Å². The minimum Gasteiger partial charge on any atom is -0.311 e. The van der Waals surface area contributed by atoms with E-state index in [1.807, 2.05) is 11.3 Å². The van der Waals surface area contributed by atoms with Crippen LogP contribution >= 0.6 is 11.3 Å². The van der Waals surface area contributed by atoms with Crippen molar-refractivity contribution in [2.45, 2.75) is 0 Å². The van der Waals surface area contributed by atoms with Crippen molar-refractivity contribution >= 4 is 59.3 Å². The predicted molar refractivity (Wildman–Crippen MR) is 259 cm³/mol. The van der Waals surface area contributed by atoms with E-state index >= 15 is 0 Å². The summed E-state index contributed by atoms with van der Waals surface area (Å²) in [5.41, 5.74) is 15.4. The van der Waals surface area contributed by atoms with Gasteiger partial charge in [0, 0.05) is 37.2 Å². The van der Waals surface area contributed by atoms with Crippen LogP contribution in [0.5, 0.6) is 0 Å². The molecule has 0 atom stereocenters. The second-order valence-electron chi connectivity index (χ2n) is 15.3. The highest BCUT2D eigenvalue weighted by Gasteiger charge is 2.16. The first-order valence-electron chi connectivity index (χ1n) is 20.5. The van der Waals surface area contributed by atoms with Gasteiger partial charge in [0.05, 0.1) is 0 Å². The van der Waals surface area contributed by atoms with Crippen molar-refractivity contribution in [1.29, 1.82) is 0 Å². The summed E-state index contributed by atoms with van der Waals surface area (Å²) in [6, 6.07) is 86.1. The molecule has 0 radical (unpaired) electrons. The normalized spacial score (nSPS) is 11.3. The van der Waals surface area contributed by atoms with E-state index < -0.39 is 0 Å². The smallest absolute Gasteiger partial charge is 0.0462 e. The lowest BCUT2D eigenvalue weighted by Crippen LogP contribution is -2.09. The van der Waals surface area contributed by atoms with Gasteiger partial charge in [-0.1, -0.05) is 176 Å². The van der Waals surface area contributed by atoms with Crippen LogP contribution in [0.3, 0.4) is 0 Å². The Kier molecular flexibility index (Phi) is 9.11. The Morgan fingerprint density at radius 1 is 0.267 bits per heavy atom. The monoisotopic (exact) mass is 781 g/mol. The molecule has 11 aromatic rings. The molecule has 0 spiro atoms. The average molecular weight is 782 g/mol. The number of hydrogen-bond acceptors (Lipinski definition) is 2. The number of benzene rings is 10. The van der Waals surface area contributed by atoms with Crippen LogP contribution in [0.2, 0.25) is 0 Å². The number of nitrogens with zero attached hydrogens (tertiary/aromatic N) is 1. The highest BCUT2D eigenvalue weighted by molar-refractivity contribution is 7.25. The van der Waals surface area contributed by atoms with E-state index in [-0.39, 0.29) is 0 Å². The Morgan fingerprint density at radius 2 is 0.700 bits per heavy atom. The van der Waals surface area contributed by atoms with Crippen molar-refractivity contribution in [2.24, 2.45) is 0 Å². The fourth-order valence-electron chi connectivity index (χ4n) is 8.59. The summed E-state index contributed by atoms with van der Waals surface area (Å²) < 4.78 is 2.64. The van der Waals surface area contributed by atoms with Crippen LogP contribution in [-0.2, 0) is 0 Å². The molecule has 0 aliphatic carbocycles. The maximum Gasteiger partial charge on any atom is 0.0462 e. The van der Waals surface area contributed by atoms with Gasteiger partial charge in [0.25, 0.3) is 0 Å². The first kappa shape index (κ1) is 35.6. The molecule has 60 heavy (non-hydrogen) atoms. The number of fused-ring (bicyclic) bond motifs is 4. The fraction of sp³-hybridized carbons (Fsp3) is 0. The van der Waals surface area contributed by atoms with Gasteiger partial charge in [0.15, 0.2) is 0 Å². The molecule has 1 aromatic heterocycles. The third-order valence-electron chi connectivity index (χ3n) is 11.7. The molecule has 0 amide bonds. The standard InChI is InChI=1S/C58H39NS/c1-2-10-40(11-3-1)42-20-22-43(23-21-42)44-26-32-51(33-27-44)59(53-36-30-46(31-37-53)54-17-9-19-57-58(54)55-16-6-7-18-56(55)60-57)52-34-28-45(29-35-52)48-14-8-15-49(38-48)50-25-24-41-12-4-5-13-47(41)39-50/h1-39H. The maximum atomic E-state index is 2.36. The van der Waals surface area contributed by atoms with Gasteiger partial charge < -0.3 is 4.90 Å². The van der Waals surface area contributed by atoms with Crippen LogP contribution in [0.15, 0.2) is 237 Å². The van der Waals surface area contributed by atoms with Crippen LogP contribution < -0.4 is 4.90 Å². The lowest BCUT2D eigenvalue weighted by Gasteiger charge is -2.26. The van der Waals surface area contributed by atoms with Crippen molar-refractivity contribution in [2.75, 3.05) is 4.90 Å². The highest BCUT2D eigenvalue weighted by Crippen LogP contribution is 2.42. The highest BCUT2D eigenvalue weighted by atomic mass is 32.1. The zero-order chi connectivity index (χ0) is 39.8. The van der Waals surface area contributed by atoms with Gasteiger partial charge >= 0.3 is 0 Å². The van der Waals surface area contributed by atoms with E-state index in [1.54, 1.807) is 0 Å². The zero-order valence-electron chi connectivity index (χ0n) is 32.9. The largest absolute Gasteiger partial charge is 0.311 e. The molecule has 0 saturated carbocycles. The third-order valence-corrected chi connectivity index (χ3v) is 12.8. The number of thiophene rings is 1. The van der Waals surface area contributed by atoms with E-state index in [0.717, 1.165) is 17.1 Å². The Labute approximate surface area is 354 Å². The quantitative estimate of drug-likeness (QED) is 0.148. The molecule has 1 nitrogen and oxygen atoms in total. The number of anilines is 3. The lowest BCUT2D eigenvalue weighted by atomic mass is 9.97. The molecule has 2 heteroatoms. The van der Waals surface area contributed by atoms with Crippen LogP contribution in [0.1, 0.15) is 0 Å². The second-order valence-corrected chi connectivity index (χ2v) is 16.4. The molecule has 0 unspecified atom stereocenters. The summed E-state index contributed by atoms with van der Waals surface area (Å²) in [7, 11) is 0. The van der Waals surface area contributed by atoms with Gasteiger partial charge in [-0.2, -0.15) is 0 Å². The van der Waals surface area contributed by atoms with Crippen LogP contribution in [0.25, 0.3) is 86.6 Å². The summed E-state index contributed by atoms with van der Waals surface area (Å²) in [4.78, 5) is 2.36. The van der Waals surface area contributed by atoms with E-state index in [0.29, 0.717) is 0 Å². The Morgan fingerprint density at radius 3 is 1.37 bits per heavy atom. The fourth-order valence-corrected chi connectivity index (χ4v) is 9.72. The SMILES string of the molecule is c1ccc(-c2ccc(-c3ccc(N(c4ccc(-c5cccc(-c6ccc7ccccc7c6)c5)cc4)c4ccc(-c5cccc6sc7ccccc7c56)cc4)cc3)cc2)cc1. The summed E-state index contributed by atoms with van der Waals surface area (Å²) in [6.07, 6.45) is 0. The molecule has 0 aliphatic rings. The molecule has 0 bridgehead atoms. The summed E-state index contributed by atoms with van der Waals surface area (Å²) in [6.45, 7) is 0. The van der Waals surface area contributed by atoms with Gasteiger partial charge in [-0.25, -0.2) is 0 Å². The Balaban J connectivity index is 0.945. The lowest BCUT2D eigenvalue weighted by molar-refractivity contribution is 1.28. The average Bonchev–Trinajstić information content (AvgIpc) is 3.72. The molecule has 0 saturated heterocycles. The van der Waals surface area contributed by atoms with Crippen molar-refractivity contribution in [3.05, 3.63) is 237 Å². The maximum absolute atomic E-state index is 2.36. The summed E-state index contributed by atoms with van der Waals surface area (Å²) in [5, 5.41) is 5.16. The topological polar surface area (TPSA) is 3.24 Å². The van der Waals surface area contributed by atoms with Crippen molar-refractivity contribution in [3.8, 4) is 55.6 Å². The first-order valence-corrected chi connectivity index (χ1v) is 21.3. The van der Waals surface area contributed by atoms with E-state index in [2.05, 4.69) is 241 Å². The molecular formula is C58H39NS. The third kappa shape index (κ3) is 6.73. The zero-order valence-corrected chi connectivity index (χ0v) is 33.7.